The molecule has 0 aliphatic carbocycles. The summed E-state index contributed by atoms with van der Waals surface area (Å²) < 4.78 is 22.6. The highest BCUT2D eigenvalue weighted by atomic mass is 32.2. The molecule has 8 nitrogen and oxygen atoms in total. The van der Waals surface area contributed by atoms with Crippen LogP contribution in [0.25, 0.3) is 0 Å². The van der Waals surface area contributed by atoms with Crippen LogP contribution in [-0.4, -0.2) is 49.0 Å². The number of carbonyl (C=O) groups is 1. The number of benzene rings is 1. The summed E-state index contributed by atoms with van der Waals surface area (Å²) in [6.45, 7) is -0.659. The van der Waals surface area contributed by atoms with Crippen LogP contribution in [0, 0.1) is 10.1 Å². The number of hydrogen-bond donors (Lipinski definition) is 2. The summed E-state index contributed by atoms with van der Waals surface area (Å²) in [6.07, 6.45) is 0. The topological polar surface area (TPSA) is 127 Å². The lowest BCUT2D eigenvalue weighted by Gasteiger charge is -2.06. The van der Waals surface area contributed by atoms with Crippen LogP contribution in [0.1, 0.15) is 10.4 Å². The Balaban J connectivity index is 2.67. The summed E-state index contributed by atoms with van der Waals surface area (Å²) in [5, 5.41) is 21.6. The molecule has 0 radical (unpaired) electrons. The van der Waals surface area contributed by atoms with Gasteiger partial charge in [0, 0.05) is 12.6 Å². The molecule has 1 aromatic carbocycles. The molecule has 110 valence electrons. The van der Waals surface area contributed by atoms with E-state index in [1.54, 1.807) is 0 Å². The van der Waals surface area contributed by atoms with Gasteiger partial charge in [0.15, 0.2) is 9.84 Å². The van der Waals surface area contributed by atoms with E-state index in [0.29, 0.717) is 0 Å². The van der Waals surface area contributed by atoms with Crippen LogP contribution < -0.4 is 5.32 Å². The fraction of sp³-hybridized carbons (Fsp3) is 0.364. The van der Waals surface area contributed by atoms with Crippen molar-refractivity contribution in [3.63, 3.8) is 0 Å². The molecule has 20 heavy (non-hydrogen) atoms. The number of hydrogen-bond acceptors (Lipinski definition) is 6. The van der Waals surface area contributed by atoms with E-state index in [-0.39, 0.29) is 29.3 Å². The van der Waals surface area contributed by atoms with Gasteiger partial charge >= 0.3 is 0 Å². The van der Waals surface area contributed by atoms with Gasteiger partial charge in [0.2, 0.25) is 0 Å². The van der Waals surface area contributed by atoms with E-state index >= 15 is 0 Å². The van der Waals surface area contributed by atoms with Gasteiger partial charge in [-0.2, -0.15) is 0 Å². The van der Waals surface area contributed by atoms with E-state index in [1.165, 1.54) is 24.3 Å². The molecule has 2 N–H and O–H groups in total. The molecule has 0 aromatic heterocycles. The Morgan fingerprint density at radius 3 is 2.55 bits per heavy atom. The van der Waals surface area contributed by atoms with Crippen molar-refractivity contribution in [3.8, 4) is 0 Å². The Labute approximate surface area is 115 Å². The quantitative estimate of drug-likeness (QED) is 0.527. The van der Waals surface area contributed by atoms with Crippen molar-refractivity contribution in [1.82, 2.24) is 5.32 Å². The molecular formula is C11H14N2O6S. The second-order valence-corrected chi connectivity index (χ2v) is 6.21. The first-order valence-corrected chi connectivity index (χ1v) is 7.52. The second-order valence-electron chi connectivity index (χ2n) is 3.91. The highest BCUT2D eigenvalue weighted by Gasteiger charge is 2.19. The predicted molar refractivity (Wildman–Crippen MR) is 71.2 cm³/mol. The number of nitro groups is 1. The monoisotopic (exact) mass is 302 g/mol. The number of amides is 1. The number of nitrogens with zero attached hydrogens (tertiary/aromatic N) is 1. The van der Waals surface area contributed by atoms with Gasteiger partial charge in [0.25, 0.3) is 11.6 Å². The highest BCUT2D eigenvalue weighted by Crippen LogP contribution is 2.17. The summed E-state index contributed by atoms with van der Waals surface area (Å²) in [7, 11) is -3.43. The molecule has 0 spiro atoms. The van der Waals surface area contributed by atoms with Crippen molar-refractivity contribution in [3.05, 3.63) is 39.9 Å². The zero-order valence-electron chi connectivity index (χ0n) is 10.5. The van der Waals surface area contributed by atoms with Gasteiger partial charge in [-0.1, -0.05) is 12.1 Å². The number of para-hydroxylation sites is 1. The van der Waals surface area contributed by atoms with Gasteiger partial charge in [0.05, 0.1) is 23.0 Å². The van der Waals surface area contributed by atoms with Crippen LogP contribution in [0.5, 0.6) is 0 Å². The fourth-order valence-corrected chi connectivity index (χ4v) is 2.38. The van der Waals surface area contributed by atoms with Gasteiger partial charge in [-0.05, 0) is 6.07 Å². The Bertz CT molecular complexity index is 599. The first-order valence-electron chi connectivity index (χ1n) is 5.70. The summed E-state index contributed by atoms with van der Waals surface area (Å²) in [5.74, 6) is -1.43. The van der Waals surface area contributed by atoms with Crippen molar-refractivity contribution < 1.29 is 23.2 Å². The Morgan fingerprint density at radius 1 is 1.30 bits per heavy atom. The first kappa shape index (κ1) is 16.1. The van der Waals surface area contributed by atoms with Crippen molar-refractivity contribution >= 4 is 21.4 Å². The summed E-state index contributed by atoms with van der Waals surface area (Å²) >= 11 is 0. The van der Waals surface area contributed by atoms with E-state index in [2.05, 4.69) is 5.32 Å². The van der Waals surface area contributed by atoms with Crippen LogP contribution in [0.4, 0.5) is 5.69 Å². The van der Waals surface area contributed by atoms with Gasteiger partial charge in [0.1, 0.15) is 5.56 Å². The van der Waals surface area contributed by atoms with E-state index < -0.39 is 27.3 Å². The van der Waals surface area contributed by atoms with Crippen LogP contribution in [0.3, 0.4) is 0 Å². The molecular weight excluding hydrogens is 288 g/mol. The largest absolute Gasteiger partial charge is 0.395 e. The van der Waals surface area contributed by atoms with Crippen LogP contribution in [-0.2, 0) is 9.84 Å². The fourth-order valence-electron chi connectivity index (χ4n) is 1.48. The average molecular weight is 302 g/mol. The third-order valence-electron chi connectivity index (χ3n) is 2.45. The summed E-state index contributed by atoms with van der Waals surface area (Å²) in [6, 6.07) is 5.39. The number of nitro benzene ring substituents is 1. The van der Waals surface area contributed by atoms with Crippen LogP contribution in [0.15, 0.2) is 24.3 Å². The van der Waals surface area contributed by atoms with Gasteiger partial charge < -0.3 is 10.4 Å². The van der Waals surface area contributed by atoms with Gasteiger partial charge in [-0.15, -0.1) is 0 Å². The lowest BCUT2D eigenvalue weighted by Crippen LogP contribution is -2.30. The third-order valence-corrected chi connectivity index (χ3v) is 4.08. The molecule has 0 aliphatic heterocycles. The predicted octanol–water partition coefficient (Wildman–Crippen LogP) is -0.268. The lowest BCUT2D eigenvalue weighted by atomic mass is 10.1. The standard InChI is InChI=1S/C11H14N2O6S/c14-6-8-20(18,19)7-5-12-11(15)9-3-1-2-4-10(9)13(16)17/h1-4,14H,5-8H2,(H,12,15). The Hall–Kier alpha value is -2.00. The molecule has 1 rings (SSSR count). The summed E-state index contributed by atoms with van der Waals surface area (Å²) in [5.41, 5.74) is -0.472. The zero-order chi connectivity index (χ0) is 15.2. The normalized spacial score (nSPS) is 11.1. The number of nitrogens with one attached hydrogen (secondary N) is 1. The molecule has 0 saturated carbocycles. The lowest BCUT2D eigenvalue weighted by molar-refractivity contribution is -0.385. The maximum Gasteiger partial charge on any atom is 0.282 e. The number of aliphatic hydroxyl groups excluding tert-OH is 1. The minimum absolute atomic E-state index is 0.128. The zero-order valence-corrected chi connectivity index (χ0v) is 11.3. The van der Waals surface area contributed by atoms with Crippen molar-refractivity contribution in [1.29, 1.82) is 0 Å². The van der Waals surface area contributed by atoms with Crippen LogP contribution >= 0.6 is 0 Å². The smallest absolute Gasteiger partial charge is 0.282 e. The average Bonchev–Trinajstić information content (AvgIpc) is 2.38. The molecule has 0 atom stereocenters. The molecule has 1 amide bonds. The SMILES string of the molecule is O=C(NCCS(=O)(=O)CCO)c1ccccc1[N+](=O)[O-]. The molecule has 1 aromatic rings. The molecule has 0 heterocycles. The number of aliphatic hydroxyl groups is 1. The van der Waals surface area contributed by atoms with Crippen LogP contribution in [0.2, 0.25) is 0 Å². The third kappa shape index (κ3) is 4.59. The van der Waals surface area contributed by atoms with E-state index in [9.17, 15) is 23.3 Å². The molecule has 0 bridgehead atoms. The maximum atomic E-state index is 11.8. The van der Waals surface area contributed by atoms with Crippen molar-refractivity contribution in [2.75, 3.05) is 24.7 Å². The number of rotatable bonds is 7. The maximum absolute atomic E-state index is 11.8. The molecule has 0 aliphatic rings. The van der Waals surface area contributed by atoms with Gasteiger partial charge in [-0.3, -0.25) is 14.9 Å². The Morgan fingerprint density at radius 2 is 1.95 bits per heavy atom. The highest BCUT2D eigenvalue weighted by molar-refractivity contribution is 7.91. The minimum Gasteiger partial charge on any atom is -0.395 e. The number of sulfone groups is 1. The van der Waals surface area contributed by atoms with E-state index in [1.807, 2.05) is 0 Å². The number of carbonyl (C=O) groups excluding carboxylic acids is 1. The molecule has 0 unspecified atom stereocenters. The van der Waals surface area contributed by atoms with E-state index in [0.717, 1.165) is 0 Å². The van der Waals surface area contributed by atoms with Crippen molar-refractivity contribution in [2.24, 2.45) is 0 Å². The second kappa shape index (κ2) is 6.96. The van der Waals surface area contributed by atoms with Gasteiger partial charge in [-0.25, -0.2) is 8.42 Å². The molecule has 9 heteroatoms. The summed E-state index contributed by atoms with van der Waals surface area (Å²) in [4.78, 5) is 21.8. The van der Waals surface area contributed by atoms with Crippen molar-refractivity contribution in [2.45, 2.75) is 0 Å². The first-order chi connectivity index (χ1) is 9.37. The molecule has 0 fully saturated rings. The molecule has 0 saturated heterocycles. The minimum atomic E-state index is -3.43. The Kier molecular flexibility index (Phi) is 5.59. The van der Waals surface area contributed by atoms with E-state index in [4.69, 9.17) is 5.11 Å².